The minimum Gasteiger partial charge on any atom is -0.378 e. The predicted molar refractivity (Wildman–Crippen MR) is 112 cm³/mol. The Labute approximate surface area is 167 Å². The molecule has 0 aliphatic carbocycles. The van der Waals surface area contributed by atoms with E-state index in [1.807, 2.05) is 36.7 Å². The van der Waals surface area contributed by atoms with Crippen LogP contribution in [0.1, 0.15) is 24.9 Å². The molecule has 0 spiro atoms. The van der Waals surface area contributed by atoms with Gasteiger partial charge in [0, 0.05) is 48.5 Å². The number of aromatic nitrogens is 2. The molecular weight excluding hydrogens is 383 g/mol. The van der Waals surface area contributed by atoms with Crippen LogP contribution in [0.2, 0.25) is 10.0 Å². The number of fused-ring (bicyclic) bond motifs is 1. The van der Waals surface area contributed by atoms with Crippen LogP contribution in [-0.2, 0) is 7.05 Å². The van der Waals surface area contributed by atoms with Gasteiger partial charge in [-0.25, -0.2) is 4.98 Å². The maximum absolute atomic E-state index is 12.6. The maximum atomic E-state index is 12.6. The van der Waals surface area contributed by atoms with E-state index in [2.05, 4.69) is 10.2 Å². The summed E-state index contributed by atoms with van der Waals surface area (Å²) in [5.74, 6) is 0.881. The molecule has 3 heterocycles. The zero-order chi connectivity index (χ0) is 19.1. The van der Waals surface area contributed by atoms with E-state index in [0.29, 0.717) is 21.1 Å². The first-order valence-corrected chi connectivity index (χ1v) is 9.66. The Hall–Kier alpha value is -2.24. The van der Waals surface area contributed by atoms with Gasteiger partial charge in [0.15, 0.2) is 5.43 Å². The van der Waals surface area contributed by atoms with Crippen LogP contribution < -0.4 is 15.6 Å². The Morgan fingerprint density at radius 2 is 1.96 bits per heavy atom. The van der Waals surface area contributed by atoms with Gasteiger partial charge in [-0.05, 0) is 31.0 Å². The van der Waals surface area contributed by atoms with Crippen LogP contribution >= 0.6 is 23.2 Å². The summed E-state index contributed by atoms with van der Waals surface area (Å²) in [6.07, 6.45) is 2.91. The molecule has 1 saturated heterocycles. The van der Waals surface area contributed by atoms with Crippen LogP contribution in [0.25, 0.3) is 11.0 Å². The highest BCUT2D eigenvalue weighted by atomic mass is 35.5. The quantitative estimate of drug-likeness (QED) is 0.691. The number of aryl methyl sites for hydroxylation is 1. The summed E-state index contributed by atoms with van der Waals surface area (Å²) in [6, 6.07) is 8.87. The Kier molecular flexibility index (Phi) is 4.74. The third-order valence-electron chi connectivity index (χ3n) is 5.00. The van der Waals surface area contributed by atoms with Gasteiger partial charge in [-0.2, -0.15) is 0 Å². The Balaban J connectivity index is 1.81. The van der Waals surface area contributed by atoms with Crippen molar-refractivity contribution in [2.45, 2.75) is 19.4 Å². The van der Waals surface area contributed by atoms with E-state index in [1.165, 1.54) is 0 Å². The number of rotatable bonds is 4. The van der Waals surface area contributed by atoms with Crippen molar-refractivity contribution in [3.8, 4) is 0 Å². The van der Waals surface area contributed by atoms with Crippen molar-refractivity contribution < 1.29 is 0 Å². The molecule has 27 heavy (non-hydrogen) atoms. The number of anilines is 2. The lowest BCUT2D eigenvalue weighted by atomic mass is 10.1. The molecule has 0 radical (unpaired) electrons. The standard InChI is InChI=1S/C20H20Cl2N4O/c1-12(14-5-4-13(21)10-15(14)22)23-16-11-18(26-7-3-8-26)24-20-19(16)17(27)6-9-25(20)2/h4-6,9-12H,3,7-8H2,1-2H3,(H,23,24). The lowest BCUT2D eigenvalue weighted by molar-refractivity contribution is 0.610. The molecule has 1 aliphatic heterocycles. The summed E-state index contributed by atoms with van der Waals surface area (Å²) in [7, 11) is 1.90. The Morgan fingerprint density at radius 1 is 1.19 bits per heavy atom. The van der Waals surface area contributed by atoms with Gasteiger partial charge in [0.2, 0.25) is 0 Å². The largest absolute Gasteiger partial charge is 0.378 e. The van der Waals surface area contributed by atoms with E-state index in [4.69, 9.17) is 28.2 Å². The second-order valence-electron chi connectivity index (χ2n) is 6.89. The second-order valence-corrected chi connectivity index (χ2v) is 7.73. The van der Waals surface area contributed by atoms with Crippen LogP contribution in [0, 0.1) is 0 Å². The third kappa shape index (κ3) is 3.37. The lowest BCUT2D eigenvalue weighted by Gasteiger charge is -2.32. The van der Waals surface area contributed by atoms with Crippen molar-refractivity contribution in [1.29, 1.82) is 0 Å². The van der Waals surface area contributed by atoms with Gasteiger partial charge in [-0.3, -0.25) is 4.79 Å². The monoisotopic (exact) mass is 402 g/mol. The van der Waals surface area contributed by atoms with E-state index < -0.39 is 0 Å². The zero-order valence-electron chi connectivity index (χ0n) is 15.2. The number of halogens is 2. The molecule has 2 aromatic heterocycles. The summed E-state index contributed by atoms with van der Waals surface area (Å²) in [5.41, 5.74) is 2.30. The van der Waals surface area contributed by atoms with Crippen molar-refractivity contribution in [1.82, 2.24) is 9.55 Å². The first-order valence-electron chi connectivity index (χ1n) is 8.91. The highest BCUT2D eigenvalue weighted by Crippen LogP contribution is 2.32. The highest BCUT2D eigenvalue weighted by molar-refractivity contribution is 6.35. The van der Waals surface area contributed by atoms with E-state index in [1.54, 1.807) is 18.3 Å². The number of hydrogen-bond donors (Lipinski definition) is 1. The zero-order valence-corrected chi connectivity index (χ0v) is 16.7. The number of hydrogen-bond acceptors (Lipinski definition) is 4. The summed E-state index contributed by atoms with van der Waals surface area (Å²) < 4.78 is 1.88. The highest BCUT2D eigenvalue weighted by Gasteiger charge is 2.20. The lowest BCUT2D eigenvalue weighted by Crippen LogP contribution is -2.37. The van der Waals surface area contributed by atoms with Crippen molar-refractivity contribution in [2.24, 2.45) is 7.05 Å². The topological polar surface area (TPSA) is 50.2 Å². The molecule has 0 amide bonds. The molecule has 0 bridgehead atoms. The van der Waals surface area contributed by atoms with Crippen molar-refractivity contribution >= 4 is 45.7 Å². The molecule has 5 nitrogen and oxygen atoms in total. The fourth-order valence-corrected chi connectivity index (χ4v) is 3.91. The van der Waals surface area contributed by atoms with Crippen LogP contribution in [-0.4, -0.2) is 22.6 Å². The first kappa shape index (κ1) is 18.1. The van der Waals surface area contributed by atoms with Crippen molar-refractivity contribution in [3.05, 3.63) is 62.4 Å². The van der Waals surface area contributed by atoms with Gasteiger partial charge < -0.3 is 14.8 Å². The van der Waals surface area contributed by atoms with Gasteiger partial charge in [-0.1, -0.05) is 29.3 Å². The normalized spacial score (nSPS) is 14.9. The van der Waals surface area contributed by atoms with Gasteiger partial charge in [-0.15, -0.1) is 0 Å². The first-order chi connectivity index (χ1) is 12.9. The van der Waals surface area contributed by atoms with Crippen molar-refractivity contribution in [3.63, 3.8) is 0 Å². The number of benzene rings is 1. The SMILES string of the molecule is CC(Nc1cc(N2CCC2)nc2c1c(=O)ccn2C)c1ccc(Cl)cc1Cl. The molecule has 1 N–H and O–H groups in total. The van der Waals surface area contributed by atoms with Gasteiger partial charge in [0.1, 0.15) is 11.5 Å². The van der Waals surface area contributed by atoms with Crippen LogP contribution in [0.4, 0.5) is 11.5 Å². The molecule has 1 fully saturated rings. The fourth-order valence-electron chi connectivity index (χ4n) is 3.33. The molecule has 3 aromatic rings. The number of pyridine rings is 2. The van der Waals surface area contributed by atoms with Gasteiger partial charge in [0.05, 0.1) is 17.1 Å². The third-order valence-corrected chi connectivity index (χ3v) is 5.56. The second kappa shape index (κ2) is 7.06. The minimum absolute atomic E-state index is 0.0531. The average molecular weight is 403 g/mol. The summed E-state index contributed by atoms with van der Waals surface area (Å²) in [6.45, 7) is 3.98. The summed E-state index contributed by atoms with van der Waals surface area (Å²) in [4.78, 5) is 19.5. The molecule has 1 unspecified atom stereocenters. The molecule has 7 heteroatoms. The van der Waals surface area contributed by atoms with E-state index in [-0.39, 0.29) is 11.5 Å². The number of nitrogens with one attached hydrogen (secondary N) is 1. The molecule has 0 saturated carbocycles. The molecule has 4 rings (SSSR count). The average Bonchev–Trinajstić information content (AvgIpc) is 2.56. The molecule has 140 valence electrons. The van der Waals surface area contributed by atoms with Gasteiger partial charge in [0.25, 0.3) is 0 Å². The Morgan fingerprint density at radius 3 is 2.63 bits per heavy atom. The smallest absolute Gasteiger partial charge is 0.193 e. The van der Waals surface area contributed by atoms with Crippen LogP contribution in [0.5, 0.6) is 0 Å². The van der Waals surface area contributed by atoms with Gasteiger partial charge >= 0.3 is 0 Å². The summed E-state index contributed by atoms with van der Waals surface area (Å²) >= 11 is 12.4. The molecule has 1 aromatic carbocycles. The van der Waals surface area contributed by atoms with Crippen molar-refractivity contribution in [2.75, 3.05) is 23.3 Å². The predicted octanol–water partition coefficient (Wildman–Crippen LogP) is 4.62. The van der Waals surface area contributed by atoms with E-state index >= 15 is 0 Å². The fraction of sp³-hybridized carbons (Fsp3) is 0.300. The minimum atomic E-state index is -0.102. The maximum Gasteiger partial charge on any atom is 0.193 e. The molecule has 1 atom stereocenters. The Bertz CT molecular complexity index is 1080. The van der Waals surface area contributed by atoms with E-state index in [9.17, 15) is 4.79 Å². The molecule has 1 aliphatic rings. The van der Waals surface area contributed by atoms with E-state index in [0.717, 1.165) is 36.6 Å². The van der Waals surface area contributed by atoms with Crippen LogP contribution in [0.3, 0.4) is 0 Å². The summed E-state index contributed by atoms with van der Waals surface area (Å²) in [5, 5.41) is 5.24. The van der Waals surface area contributed by atoms with Crippen LogP contribution in [0.15, 0.2) is 41.3 Å². The molecular formula is C20H20Cl2N4O. The number of nitrogens with zero attached hydrogens (tertiary/aromatic N) is 3.